The Morgan fingerprint density at radius 3 is 1.94 bits per heavy atom. The number of hydrogen-bond acceptors (Lipinski definition) is 4. The lowest BCUT2D eigenvalue weighted by Crippen LogP contribution is -2.38. The van der Waals surface area contributed by atoms with Gasteiger partial charge in [-0.2, -0.15) is 0 Å². The van der Waals surface area contributed by atoms with E-state index in [4.69, 9.17) is 9.47 Å². The summed E-state index contributed by atoms with van der Waals surface area (Å²) in [4.78, 5) is 24.3. The number of allylic oxidation sites excluding steroid dienone is 1. The first kappa shape index (κ1) is 14.7. The van der Waals surface area contributed by atoms with Crippen LogP contribution in [0.25, 0.3) is 0 Å². The Morgan fingerprint density at radius 2 is 1.56 bits per heavy atom. The maximum atomic E-state index is 12.4. The van der Waals surface area contributed by atoms with Gasteiger partial charge in [0.15, 0.2) is 5.78 Å². The van der Waals surface area contributed by atoms with E-state index in [9.17, 15) is 9.59 Å². The summed E-state index contributed by atoms with van der Waals surface area (Å²) in [6.07, 6.45) is -0.650. The lowest BCUT2D eigenvalue weighted by molar-refractivity contribution is -0.175. The van der Waals surface area contributed by atoms with E-state index in [0.717, 1.165) is 0 Å². The van der Waals surface area contributed by atoms with Gasteiger partial charge >= 0.3 is 5.97 Å². The van der Waals surface area contributed by atoms with Gasteiger partial charge < -0.3 is 9.47 Å². The number of rotatable bonds is 1. The predicted octanol–water partition coefficient (Wildman–Crippen LogP) is 2.82. The van der Waals surface area contributed by atoms with E-state index in [1.54, 1.807) is 27.7 Å². The Hall–Kier alpha value is -1.32. The highest BCUT2D eigenvalue weighted by atomic mass is 16.7. The molecule has 0 saturated carbocycles. The van der Waals surface area contributed by atoms with E-state index in [-0.39, 0.29) is 11.4 Å². The van der Waals surface area contributed by atoms with Crippen LogP contribution < -0.4 is 0 Å². The number of esters is 1. The fraction of sp³-hybridized carbons (Fsp3) is 0.714. The predicted molar refractivity (Wildman–Crippen MR) is 67.6 cm³/mol. The number of cyclic esters (lactones) is 1. The molecule has 0 aromatic rings. The monoisotopic (exact) mass is 254 g/mol. The third kappa shape index (κ3) is 2.92. The van der Waals surface area contributed by atoms with Crippen molar-refractivity contribution in [1.29, 1.82) is 0 Å². The molecule has 0 N–H and O–H groups in total. The van der Waals surface area contributed by atoms with Gasteiger partial charge in [0, 0.05) is 17.8 Å². The molecule has 1 atom stereocenters. The van der Waals surface area contributed by atoms with Crippen molar-refractivity contribution >= 4 is 11.8 Å². The number of Topliss-reactive ketones (excluding diaryl/α,β-unsaturated/α-hetero) is 1. The Bertz CT molecular complexity index is 404. The molecule has 1 aliphatic heterocycles. The fourth-order valence-corrected chi connectivity index (χ4v) is 1.67. The van der Waals surface area contributed by atoms with Gasteiger partial charge in [0.1, 0.15) is 11.3 Å². The third-order valence-corrected chi connectivity index (χ3v) is 2.58. The zero-order chi connectivity index (χ0) is 14.3. The second-order valence-corrected chi connectivity index (χ2v) is 6.62. The molecule has 0 spiro atoms. The van der Waals surface area contributed by atoms with Gasteiger partial charge in [-0.25, -0.2) is 4.79 Å². The van der Waals surface area contributed by atoms with Crippen molar-refractivity contribution in [3.63, 3.8) is 0 Å². The van der Waals surface area contributed by atoms with Crippen LogP contribution in [0, 0.1) is 10.8 Å². The molecule has 4 heteroatoms. The molecule has 0 aromatic heterocycles. The van der Waals surface area contributed by atoms with Gasteiger partial charge in [0.25, 0.3) is 0 Å². The molecule has 0 unspecified atom stereocenters. The van der Waals surface area contributed by atoms with Crippen LogP contribution in [0.2, 0.25) is 0 Å². The summed E-state index contributed by atoms with van der Waals surface area (Å²) < 4.78 is 10.6. The van der Waals surface area contributed by atoms with Crippen LogP contribution in [0.15, 0.2) is 11.3 Å². The molecular weight excluding hydrogens is 232 g/mol. The van der Waals surface area contributed by atoms with Gasteiger partial charge in [-0.15, -0.1) is 0 Å². The van der Waals surface area contributed by atoms with Crippen LogP contribution in [0.4, 0.5) is 0 Å². The Kier molecular flexibility index (Phi) is 3.61. The van der Waals surface area contributed by atoms with Crippen molar-refractivity contribution in [2.75, 3.05) is 0 Å². The van der Waals surface area contributed by atoms with Crippen LogP contribution in [0.3, 0.4) is 0 Å². The number of carbonyl (C=O) groups is 2. The maximum absolute atomic E-state index is 12.4. The number of ether oxygens (including phenoxy) is 2. The normalized spacial score (nSPS) is 21.5. The molecule has 0 amide bonds. The van der Waals surface area contributed by atoms with Crippen LogP contribution in [0.5, 0.6) is 0 Å². The van der Waals surface area contributed by atoms with Crippen molar-refractivity contribution in [2.45, 2.75) is 54.8 Å². The van der Waals surface area contributed by atoms with E-state index < -0.39 is 23.1 Å². The van der Waals surface area contributed by atoms with E-state index in [1.165, 1.54) is 0 Å². The van der Waals surface area contributed by atoms with Gasteiger partial charge in [0.05, 0.1) is 0 Å². The Morgan fingerprint density at radius 1 is 1.06 bits per heavy atom. The molecule has 0 saturated heterocycles. The first-order valence-electron chi connectivity index (χ1n) is 6.12. The third-order valence-electron chi connectivity index (χ3n) is 2.58. The van der Waals surface area contributed by atoms with E-state index in [0.29, 0.717) is 5.76 Å². The lowest BCUT2D eigenvalue weighted by Gasteiger charge is -2.33. The minimum Gasteiger partial charge on any atom is -0.458 e. The number of ketones is 1. The van der Waals surface area contributed by atoms with Crippen molar-refractivity contribution in [3.05, 3.63) is 11.3 Å². The topological polar surface area (TPSA) is 52.6 Å². The molecule has 18 heavy (non-hydrogen) atoms. The first-order chi connectivity index (χ1) is 7.94. The highest BCUT2D eigenvalue weighted by Crippen LogP contribution is 2.36. The van der Waals surface area contributed by atoms with Gasteiger partial charge in [0.2, 0.25) is 6.29 Å². The van der Waals surface area contributed by atoms with Crippen molar-refractivity contribution in [3.8, 4) is 0 Å². The average molecular weight is 254 g/mol. The molecule has 0 aromatic carbocycles. The largest absolute Gasteiger partial charge is 0.458 e. The molecular formula is C14H22O4. The van der Waals surface area contributed by atoms with Crippen molar-refractivity contribution in [2.24, 2.45) is 10.8 Å². The summed E-state index contributed by atoms with van der Waals surface area (Å²) in [6, 6.07) is 0. The summed E-state index contributed by atoms with van der Waals surface area (Å²) >= 11 is 0. The van der Waals surface area contributed by atoms with Gasteiger partial charge in [-0.1, -0.05) is 41.5 Å². The van der Waals surface area contributed by atoms with E-state index in [2.05, 4.69) is 0 Å². The van der Waals surface area contributed by atoms with Crippen LogP contribution in [0.1, 0.15) is 48.5 Å². The zero-order valence-electron chi connectivity index (χ0n) is 12.2. The van der Waals surface area contributed by atoms with Gasteiger partial charge in [-0.05, 0) is 0 Å². The second kappa shape index (κ2) is 4.41. The molecule has 4 nitrogen and oxygen atoms in total. The highest BCUT2D eigenvalue weighted by molar-refractivity contribution is 6.19. The molecule has 1 heterocycles. The van der Waals surface area contributed by atoms with E-state index in [1.807, 2.05) is 20.8 Å². The standard InChI is InChI=1S/C14H22O4/c1-8-17-11(14(5,6)7)9(12(16)18-8)10(15)13(2,3)4/h8H,1-7H3/t8-/m0/s1. The lowest BCUT2D eigenvalue weighted by atomic mass is 9.81. The Labute approximate surface area is 108 Å². The number of hydrogen-bond donors (Lipinski definition) is 0. The zero-order valence-corrected chi connectivity index (χ0v) is 12.2. The molecule has 0 fully saturated rings. The van der Waals surface area contributed by atoms with Crippen LogP contribution >= 0.6 is 0 Å². The highest BCUT2D eigenvalue weighted by Gasteiger charge is 2.41. The molecule has 0 aliphatic carbocycles. The summed E-state index contributed by atoms with van der Waals surface area (Å²) in [5.74, 6) is -0.408. The van der Waals surface area contributed by atoms with Gasteiger partial charge in [-0.3, -0.25) is 4.79 Å². The number of carbonyl (C=O) groups excluding carboxylic acids is 2. The minimum absolute atomic E-state index is 0.0492. The Balaban J connectivity index is 3.38. The minimum atomic E-state index is -0.650. The second-order valence-electron chi connectivity index (χ2n) is 6.62. The molecule has 1 aliphatic rings. The van der Waals surface area contributed by atoms with Crippen molar-refractivity contribution in [1.82, 2.24) is 0 Å². The fourth-order valence-electron chi connectivity index (χ4n) is 1.67. The summed E-state index contributed by atoms with van der Waals surface area (Å²) in [5, 5.41) is 0. The molecule has 102 valence electrons. The van der Waals surface area contributed by atoms with Crippen LogP contribution in [-0.2, 0) is 19.1 Å². The van der Waals surface area contributed by atoms with Crippen molar-refractivity contribution < 1.29 is 19.1 Å². The summed E-state index contributed by atoms with van der Waals surface area (Å²) in [7, 11) is 0. The van der Waals surface area contributed by atoms with Crippen LogP contribution in [-0.4, -0.2) is 18.0 Å². The van der Waals surface area contributed by atoms with E-state index >= 15 is 0 Å². The molecule has 0 radical (unpaired) electrons. The SMILES string of the molecule is C[C@@H]1OC(=O)C(C(=O)C(C)(C)C)=C(C(C)(C)C)O1. The smallest absolute Gasteiger partial charge is 0.348 e. The summed E-state index contributed by atoms with van der Waals surface area (Å²) in [6.45, 7) is 12.7. The quantitative estimate of drug-likeness (QED) is 0.533. The summed E-state index contributed by atoms with van der Waals surface area (Å²) in [5.41, 5.74) is -1.01. The molecule has 0 bridgehead atoms. The maximum Gasteiger partial charge on any atom is 0.348 e. The first-order valence-corrected chi connectivity index (χ1v) is 6.12. The average Bonchev–Trinajstić information content (AvgIpc) is 2.12. The molecule has 1 rings (SSSR count).